The summed E-state index contributed by atoms with van der Waals surface area (Å²) in [7, 11) is 0. The van der Waals surface area contributed by atoms with E-state index >= 15 is 0 Å². The fraction of sp³-hybridized carbons (Fsp3) is 0.0222. The first-order valence-corrected chi connectivity index (χ1v) is 15.8. The van der Waals surface area contributed by atoms with Crippen molar-refractivity contribution in [2.75, 3.05) is 0 Å². The maximum absolute atomic E-state index is 10.4. The van der Waals surface area contributed by atoms with E-state index in [-0.39, 0.29) is 5.75 Å². The number of hydrogen-bond donors (Lipinski definition) is 1. The Morgan fingerprint density at radius 2 is 0.739 bits per heavy atom. The average Bonchev–Trinajstić information content (AvgIpc) is 3.43. The predicted molar refractivity (Wildman–Crippen MR) is 191 cm³/mol. The molecular formula is C45H30O. The monoisotopic (exact) mass is 586 g/mol. The minimum Gasteiger partial charge on any atom is -0.508 e. The second-order valence-corrected chi connectivity index (χ2v) is 12.2. The lowest BCUT2D eigenvalue weighted by Gasteiger charge is -2.34. The zero-order chi connectivity index (χ0) is 30.7. The van der Waals surface area contributed by atoms with E-state index in [9.17, 15) is 5.11 Å². The summed E-state index contributed by atoms with van der Waals surface area (Å²) in [6.07, 6.45) is 0. The Bertz CT molecular complexity index is 2280. The fourth-order valence-corrected chi connectivity index (χ4v) is 7.97. The van der Waals surface area contributed by atoms with Crippen molar-refractivity contribution in [2.45, 2.75) is 5.41 Å². The molecule has 0 unspecified atom stereocenters. The summed E-state index contributed by atoms with van der Waals surface area (Å²) in [6.45, 7) is 0. The number of phenolic OH excluding ortho intramolecular Hbond substituents is 1. The van der Waals surface area contributed by atoms with Crippen LogP contribution < -0.4 is 0 Å². The molecule has 216 valence electrons. The zero-order valence-electron chi connectivity index (χ0n) is 25.2. The van der Waals surface area contributed by atoms with Crippen molar-refractivity contribution in [3.8, 4) is 39.1 Å². The van der Waals surface area contributed by atoms with Crippen LogP contribution in [0.2, 0.25) is 0 Å². The minimum atomic E-state index is -0.596. The van der Waals surface area contributed by atoms with Crippen LogP contribution in [-0.4, -0.2) is 5.11 Å². The molecule has 1 aliphatic rings. The molecule has 0 amide bonds. The maximum Gasteiger partial charge on any atom is 0.115 e. The van der Waals surface area contributed by atoms with Crippen LogP contribution in [0.5, 0.6) is 5.75 Å². The van der Waals surface area contributed by atoms with Crippen molar-refractivity contribution in [2.24, 2.45) is 0 Å². The molecule has 0 spiro atoms. The Labute approximate surface area is 268 Å². The SMILES string of the molecule is Oc1ccc(C2(c3ccccc3)c3cccc(-c4cccc5ccccc45)c3-c3c(-c4cccc5ccccc45)cccc32)cc1. The van der Waals surface area contributed by atoms with Crippen molar-refractivity contribution in [3.05, 3.63) is 198 Å². The van der Waals surface area contributed by atoms with Crippen molar-refractivity contribution in [1.29, 1.82) is 0 Å². The van der Waals surface area contributed by atoms with Gasteiger partial charge in [0.25, 0.3) is 0 Å². The second kappa shape index (κ2) is 10.3. The zero-order valence-corrected chi connectivity index (χ0v) is 25.2. The molecule has 1 heteroatoms. The van der Waals surface area contributed by atoms with Crippen LogP contribution >= 0.6 is 0 Å². The molecule has 0 saturated carbocycles. The van der Waals surface area contributed by atoms with E-state index in [1.54, 1.807) is 0 Å². The van der Waals surface area contributed by atoms with Gasteiger partial charge in [-0.1, -0.05) is 164 Å². The van der Waals surface area contributed by atoms with Crippen LogP contribution in [0.1, 0.15) is 22.3 Å². The van der Waals surface area contributed by atoms with Crippen molar-refractivity contribution < 1.29 is 5.11 Å². The smallest absolute Gasteiger partial charge is 0.115 e. The van der Waals surface area contributed by atoms with Crippen molar-refractivity contribution in [1.82, 2.24) is 0 Å². The first-order valence-electron chi connectivity index (χ1n) is 15.8. The normalized spacial score (nSPS) is 13.0. The van der Waals surface area contributed by atoms with Gasteiger partial charge in [0, 0.05) is 0 Å². The molecule has 8 aromatic rings. The van der Waals surface area contributed by atoms with Crippen LogP contribution in [0.15, 0.2) is 176 Å². The molecule has 0 bridgehead atoms. The molecule has 9 rings (SSSR count). The van der Waals surface area contributed by atoms with Gasteiger partial charge >= 0.3 is 0 Å². The standard InChI is InChI=1S/C45H30O/c46-34-28-26-33(27-29-34)45(32-16-2-1-3-17-32)41-24-10-22-39(37-20-8-14-30-12-4-6-18-35(30)37)43(41)44-40(23-11-25-42(44)45)38-21-9-15-31-13-5-7-19-36(31)38/h1-29,46H. The Morgan fingerprint density at radius 1 is 0.326 bits per heavy atom. The highest BCUT2D eigenvalue weighted by Crippen LogP contribution is 2.61. The number of fused-ring (bicyclic) bond motifs is 5. The van der Waals surface area contributed by atoms with Crippen molar-refractivity contribution >= 4 is 21.5 Å². The van der Waals surface area contributed by atoms with Gasteiger partial charge in [0.2, 0.25) is 0 Å². The number of aromatic hydroxyl groups is 1. The summed E-state index contributed by atoms with van der Waals surface area (Å²) >= 11 is 0. The maximum atomic E-state index is 10.4. The van der Waals surface area contributed by atoms with E-state index in [1.807, 2.05) is 12.1 Å². The fourth-order valence-electron chi connectivity index (χ4n) is 7.97. The summed E-state index contributed by atoms with van der Waals surface area (Å²) in [5.74, 6) is 0.263. The molecule has 8 aromatic carbocycles. The summed E-state index contributed by atoms with van der Waals surface area (Å²) < 4.78 is 0. The molecule has 1 N–H and O–H groups in total. The van der Waals surface area contributed by atoms with Gasteiger partial charge in [0.15, 0.2) is 0 Å². The number of rotatable bonds is 4. The van der Waals surface area contributed by atoms with Crippen molar-refractivity contribution in [3.63, 3.8) is 0 Å². The lowest BCUT2D eigenvalue weighted by atomic mass is 9.67. The molecule has 46 heavy (non-hydrogen) atoms. The lowest BCUT2D eigenvalue weighted by Crippen LogP contribution is -2.28. The molecule has 1 aliphatic carbocycles. The molecule has 0 radical (unpaired) electrons. The van der Waals surface area contributed by atoms with Crippen LogP contribution in [-0.2, 0) is 5.41 Å². The average molecular weight is 587 g/mol. The summed E-state index contributed by atoms with van der Waals surface area (Å²) in [6, 6.07) is 63.0. The summed E-state index contributed by atoms with van der Waals surface area (Å²) in [4.78, 5) is 0. The van der Waals surface area contributed by atoms with Crippen LogP contribution in [0.25, 0.3) is 54.9 Å². The third-order valence-electron chi connectivity index (χ3n) is 9.85. The van der Waals surface area contributed by atoms with Gasteiger partial charge in [-0.3, -0.25) is 0 Å². The van der Waals surface area contributed by atoms with Crippen LogP contribution in [0.4, 0.5) is 0 Å². The number of phenols is 1. The predicted octanol–water partition coefficient (Wildman–Crippen LogP) is 11.4. The topological polar surface area (TPSA) is 20.2 Å². The molecular weight excluding hydrogens is 556 g/mol. The Balaban J connectivity index is 1.49. The van der Waals surface area contributed by atoms with Gasteiger partial charge in [0.05, 0.1) is 5.41 Å². The van der Waals surface area contributed by atoms with Gasteiger partial charge < -0.3 is 5.11 Å². The molecule has 0 saturated heterocycles. The summed E-state index contributed by atoms with van der Waals surface area (Å²) in [5, 5.41) is 15.4. The molecule has 0 atom stereocenters. The first-order chi connectivity index (χ1) is 22.7. The highest BCUT2D eigenvalue weighted by Gasteiger charge is 2.48. The van der Waals surface area contributed by atoms with E-state index in [4.69, 9.17) is 0 Å². The largest absolute Gasteiger partial charge is 0.508 e. The molecule has 0 aliphatic heterocycles. The number of benzene rings is 8. The first kappa shape index (κ1) is 26.5. The highest BCUT2D eigenvalue weighted by atomic mass is 16.3. The number of hydrogen-bond acceptors (Lipinski definition) is 1. The molecule has 0 fully saturated rings. The molecule has 1 nitrogen and oxygen atoms in total. The Morgan fingerprint density at radius 3 is 1.28 bits per heavy atom. The third kappa shape index (κ3) is 3.76. The Hall–Kier alpha value is -5.92. The van der Waals surface area contributed by atoms with Gasteiger partial charge in [-0.05, 0) is 89.3 Å². The molecule has 0 heterocycles. The van der Waals surface area contributed by atoms with Gasteiger partial charge in [0.1, 0.15) is 5.75 Å². The van der Waals surface area contributed by atoms with Gasteiger partial charge in [-0.15, -0.1) is 0 Å². The highest BCUT2D eigenvalue weighted by molar-refractivity contribution is 6.09. The van der Waals surface area contributed by atoms with E-state index in [2.05, 4.69) is 164 Å². The quantitative estimate of drug-likeness (QED) is 0.217. The van der Waals surface area contributed by atoms with Gasteiger partial charge in [-0.2, -0.15) is 0 Å². The minimum absolute atomic E-state index is 0.263. The third-order valence-corrected chi connectivity index (χ3v) is 9.85. The van der Waals surface area contributed by atoms with E-state index in [1.165, 1.54) is 71.6 Å². The summed E-state index contributed by atoms with van der Waals surface area (Å²) in [5.41, 5.74) is 11.6. The van der Waals surface area contributed by atoms with E-state index in [0.717, 1.165) is 5.56 Å². The van der Waals surface area contributed by atoms with E-state index in [0.29, 0.717) is 0 Å². The van der Waals surface area contributed by atoms with E-state index < -0.39 is 5.41 Å². The lowest BCUT2D eigenvalue weighted by molar-refractivity contribution is 0.475. The van der Waals surface area contributed by atoms with Crippen LogP contribution in [0, 0.1) is 0 Å². The second-order valence-electron chi connectivity index (χ2n) is 12.2. The molecule has 0 aromatic heterocycles. The van der Waals surface area contributed by atoms with Gasteiger partial charge in [-0.25, -0.2) is 0 Å². The Kier molecular flexibility index (Phi) is 5.94. The van der Waals surface area contributed by atoms with Crippen LogP contribution in [0.3, 0.4) is 0 Å².